The summed E-state index contributed by atoms with van der Waals surface area (Å²) in [6.07, 6.45) is 6.33. The van der Waals surface area contributed by atoms with Crippen LogP contribution in [0.3, 0.4) is 0 Å². The van der Waals surface area contributed by atoms with Gasteiger partial charge in [-0.15, -0.1) is 0 Å². The number of rotatable bonds is 4. The van der Waals surface area contributed by atoms with E-state index in [2.05, 4.69) is 194 Å². The van der Waals surface area contributed by atoms with Gasteiger partial charge in [0.2, 0.25) is 0 Å². The number of benzene rings is 9. The van der Waals surface area contributed by atoms with E-state index in [0.717, 1.165) is 70.0 Å². The molecule has 1 aliphatic carbocycles. The van der Waals surface area contributed by atoms with Gasteiger partial charge in [-0.05, 0) is 142 Å². The van der Waals surface area contributed by atoms with Gasteiger partial charge in [-0.2, -0.15) is 0 Å². The monoisotopic (exact) mass is 772 g/mol. The van der Waals surface area contributed by atoms with Gasteiger partial charge in [0.25, 0.3) is 0 Å². The third-order valence-electron chi connectivity index (χ3n) is 12.3. The predicted molar refractivity (Wildman–Crippen MR) is 249 cm³/mol. The molecule has 4 heteroatoms. The maximum atomic E-state index is 6.55. The SMILES string of the molecule is Cc1cc(C)cc(-c2c3cc(N4C5=C(CCC=C5)Oc5ccccc54)ccc3c(-c3cccc4ccccc34)c3cc(N4c5ccccc5Oc5ccccc54)ccc23)c1. The number of para-hydroxylation sites is 6. The Kier molecular flexibility index (Phi) is 7.76. The number of ether oxygens (including phenoxy) is 2. The van der Waals surface area contributed by atoms with E-state index in [1.165, 1.54) is 65.7 Å². The van der Waals surface area contributed by atoms with Crippen molar-refractivity contribution in [1.29, 1.82) is 0 Å². The molecule has 60 heavy (non-hydrogen) atoms. The number of hydrogen-bond donors (Lipinski definition) is 0. The highest BCUT2D eigenvalue weighted by molar-refractivity contribution is 6.24. The normalized spacial score (nSPS) is 14.1. The van der Waals surface area contributed by atoms with E-state index in [1.807, 2.05) is 12.1 Å². The van der Waals surface area contributed by atoms with Gasteiger partial charge >= 0.3 is 0 Å². The van der Waals surface area contributed by atoms with Crippen LogP contribution in [0.1, 0.15) is 24.0 Å². The van der Waals surface area contributed by atoms with Gasteiger partial charge in [0, 0.05) is 17.8 Å². The first-order valence-corrected chi connectivity index (χ1v) is 20.8. The lowest BCUT2D eigenvalue weighted by atomic mass is 9.83. The molecule has 0 N–H and O–H groups in total. The van der Waals surface area contributed by atoms with Crippen LogP contribution in [0.25, 0.3) is 54.6 Å². The molecule has 3 aliphatic rings. The van der Waals surface area contributed by atoms with Crippen LogP contribution in [-0.4, -0.2) is 0 Å². The van der Waals surface area contributed by atoms with Gasteiger partial charge in [-0.25, -0.2) is 0 Å². The van der Waals surface area contributed by atoms with Crippen LogP contribution < -0.4 is 19.3 Å². The molecule has 0 radical (unpaired) electrons. The van der Waals surface area contributed by atoms with E-state index in [9.17, 15) is 0 Å². The molecular formula is C56H40N2O2. The molecule has 0 saturated carbocycles. The van der Waals surface area contributed by atoms with Crippen LogP contribution in [0.2, 0.25) is 0 Å². The highest BCUT2D eigenvalue weighted by atomic mass is 16.5. The third-order valence-corrected chi connectivity index (χ3v) is 12.3. The minimum Gasteiger partial charge on any atom is -0.457 e. The standard InChI is InChI=1S/C56H40N2O2/c1-35-30-36(2)32-38(31-35)55-43-28-26-40(58-49-20-7-11-24-53(49)60-54-25-12-8-21-50(54)58)34-46(43)56(42-17-13-15-37-14-3-4-16-41(37)42)44-29-27-39(33-45(44)55)57-47-18-5-9-22-51(47)59-52-23-10-6-19-48(52)57/h3-9,11-22,24-34H,10,23H2,1-2H3. The topological polar surface area (TPSA) is 24.9 Å². The smallest absolute Gasteiger partial charge is 0.151 e. The zero-order valence-electron chi connectivity index (χ0n) is 33.4. The lowest BCUT2D eigenvalue weighted by molar-refractivity contribution is 0.388. The molecule has 2 heterocycles. The van der Waals surface area contributed by atoms with Crippen LogP contribution in [0.15, 0.2) is 193 Å². The van der Waals surface area contributed by atoms with Crippen molar-refractivity contribution in [2.45, 2.75) is 26.7 Å². The Morgan fingerprint density at radius 3 is 1.73 bits per heavy atom. The summed E-state index contributed by atoms with van der Waals surface area (Å²) in [6, 6.07) is 61.7. The highest BCUT2D eigenvalue weighted by Crippen LogP contribution is 2.54. The molecule has 0 atom stereocenters. The van der Waals surface area contributed by atoms with E-state index in [4.69, 9.17) is 9.47 Å². The van der Waals surface area contributed by atoms with E-state index in [-0.39, 0.29) is 0 Å². The molecule has 2 aliphatic heterocycles. The molecule has 9 aromatic carbocycles. The first-order valence-electron chi connectivity index (χ1n) is 20.8. The number of allylic oxidation sites excluding steroid dienone is 3. The number of fused-ring (bicyclic) bond motifs is 6. The fourth-order valence-electron chi connectivity index (χ4n) is 9.83. The fourth-order valence-corrected chi connectivity index (χ4v) is 9.83. The van der Waals surface area contributed by atoms with Crippen molar-refractivity contribution < 1.29 is 9.47 Å². The Bertz CT molecular complexity index is 3250. The van der Waals surface area contributed by atoms with E-state index >= 15 is 0 Å². The number of aryl methyl sites for hydroxylation is 2. The number of nitrogens with zero attached hydrogens (tertiary/aromatic N) is 2. The van der Waals surface area contributed by atoms with Crippen LogP contribution in [0.5, 0.6) is 17.2 Å². The Balaban J connectivity index is 1.21. The molecule has 0 unspecified atom stereocenters. The second-order valence-corrected chi connectivity index (χ2v) is 16.1. The lowest BCUT2D eigenvalue weighted by Gasteiger charge is -2.35. The van der Waals surface area contributed by atoms with Gasteiger partial charge in [0.1, 0.15) is 5.76 Å². The minimum atomic E-state index is 0.836. The second-order valence-electron chi connectivity index (χ2n) is 16.1. The van der Waals surface area contributed by atoms with E-state index in [0.29, 0.717) is 0 Å². The van der Waals surface area contributed by atoms with Crippen LogP contribution in [0, 0.1) is 13.8 Å². The van der Waals surface area contributed by atoms with Crippen LogP contribution in [0.4, 0.5) is 28.4 Å². The van der Waals surface area contributed by atoms with Crippen molar-refractivity contribution in [3.05, 3.63) is 205 Å². The molecular weight excluding hydrogens is 733 g/mol. The maximum absolute atomic E-state index is 6.55. The zero-order chi connectivity index (χ0) is 39.9. The zero-order valence-corrected chi connectivity index (χ0v) is 33.4. The van der Waals surface area contributed by atoms with Crippen molar-refractivity contribution in [3.8, 4) is 39.5 Å². The fraction of sp³-hybridized carbons (Fsp3) is 0.0714. The van der Waals surface area contributed by atoms with Gasteiger partial charge in [0.15, 0.2) is 17.2 Å². The van der Waals surface area contributed by atoms with Crippen LogP contribution >= 0.6 is 0 Å². The summed E-state index contributed by atoms with van der Waals surface area (Å²) >= 11 is 0. The molecule has 12 rings (SSSR count). The van der Waals surface area contributed by atoms with Crippen LogP contribution in [-0.2, 0) is 0 Å². The summed E-state index contributed by atoms with van der Waals surface area (Å²) in [4.78, 5) is 4.75. The van der Waals surface area contributed by atoms with Crippen molar-refractivity contribution in [2.75, 3.05) is 9.80 Å². The van der Waals surface area contributed by atoms with Gasteiger partial charge < -0.3 is 19.3 Å². The molecule has 0 bridgehead atoms. The molecule has 0 spiro atoms. The Labute approximate surface area is 349 Å². The van der Waals surface area contributed by atoms with Crippen molar-refractivity contribution in [2.24, 2.45) is 0 Å². The van der Waals surface area contributed by atoms with Gasteiger partial charge in [-0.1, -0.05) is 126 Å². The highest BCUT2D eigenvalue weighted by Gasteiger charge is 2.30. The largest absolute Gasteiger partial charge is 0.457 e. The molecule has 0 aromatic heterocycles. The van der Waals surface area contributed by atoms with Crippen molar-refractivity contribution in [1.82, 2.24) is 0 Å². The van der Waals surface area contributed by atoms with Crippen molar-refractivity contribution >= 4 is 60.8 Å². The average Bonchev–Trinajstić information content (AvgIpc) is 3.28. The number of anilines is 5. The van der Waals surface area contributed by atoms with E-state index < -0.39 is 0 Å². The summed E-state index contributed by atoms with van der Waals surface area (Å²) in [5.41, 5.74) is 13.7. The molecule has 0 amide bonds. The molecule has 286 valence electrons. The Morgan fingerprint density at radius 2 is 1.02 bits per heavy atom. The quantitative estimate of drug-likeness (QED) is 0.166. The molecule has 4 nitrogen and oxygen atoms in total. The third kappa shape index (κ3) is 5.38. The summed E-state index contributed by atoms with van der Waals surface area (Å²) in [6.45, 7) is 4.41. The minimum absolute atomic E-state index is 0.836. The lowest BCUT2D eigenvalue weighted by Crippen LogP contribution is -2.24. The predicted octanol–water partition coefficient (Wildman–Crippen LogP) is 15.8. The first kappa shape index (κ1) is 34.5. The molecule has 0 fully saturated rings. The summed E-state index contributed by atoms with van der Waals surface area (Å²) in [7, 11) is 0. The Hall–Kier alpha value is -7.56. The van der Waals surface area contributed by atoms with Gasteiger partial charge in [-0.3, -0.25) is 0 Å². The summed E-state index contributed by atoms with van der Waals surface area (Å²) in [5.74, 6) is 3.57. The second kappa shape index (κ2) is 13.5. The maximum Gasteiger partial charge on any atom is 0.151 e. The molecule has 0 saturated heterocycles. The summed E-state index contributed by atoms with van der Waals surface area (Å²) < 4.78 is 13.0. The average molecular weight is 773 g/mol. The van der Waals surface area contributed by atoms with Gasteiger partial charge in [0.05, 0.1) is 22.8 Å². The Morgan fingerprint density at radius 1 is 0.450 bits per heavy atom. The van der Waals surface area contributed by atoms with Crippen molar-refractivity contribution in [3.63, 3.8) is 0 Å². The summed E-state index contributed by atoms with van der Waals surface area (Å²) in [5, 5.41) is 7.23. The molecule has 9 aromatic rings. The number of hydrogen-bond acceptors (Lipinski definition) is 4. The first-order chi connectivity index (χ1) is 29.6. The van der Waals surface area contributed by atoms with E-state index in [1.54, 1.807) is 0 Å².